The Kier molecular flexibility index (Phi) is 8.84. The summed E-state index contributed by atoms with van der Waals surface area (Å²) in [5.74, 6) is 0.664. The summed E-state index contributed by atoms with van der Waals surface area (Å²) >= 11 is 6.04. The number of ether oxygens (including phenoxy) is 1. The van der Waals surface area contributed by atoms with Crippen molar-refractivity contribution in [1.29, 1.82) is 0 Å². The highest BCUT2D eigenvalue weighted by Gasteiger charge is 2.05. The Morgan fingerprint density at radius 2 is 1.85 bits per heavy atom. The maximum absolute atomic E-state index is 12.1. The van der Waals surface area contributed by atoms with E-state index in [9.17, 15) is 4.79 Å². The summed E-state index contributed by atoms with van der Waals surface area (Å²) in [6.07, 6.45) is 6.07. The lowest BCUT2D eigenvalue weighted by Crippen LogP contribution is -2.21. The van der Waals surface area contributed by atoms with Crippen LogP contribution in [-0.4, -0.2) is 19.1 Å². The van der Waals surface area contributed by atoms with E-state index in [-0.39, 0.29) is 12.5 Å². The van der Waals surface area contributed by atoms with E-state index in [0.29, 0.717) is 10.7 Å². The van der Waals surface area contributed by atoms with Crippen LogP contribution in [0.25, 0.3) is 0 Å². The molecule has 2 aromatic rings. The lowest BCUT2D eigenvalue weighted by molar-refractivity contribution is -0.114. The van der Waals surface area contributed by atoms with Crippen molar-refractivity contribution in [3.8, 4) is 5.75 Å². The maximum Gasteiger partial charge on any atom is 0.243 e. The molecule has 0 saturated heterocycles. The first kappa shape index (κ1) is 20.1. The molecule has 0 spiro atoms. The van der Waals surface area contributed by atoms with Gasteiger partial charge in [-0.05, 0) is 30.7 Å². The van der Waals surface area contributed by atoms with Crippen molar-refractivity contribution in [2.75, 3.05) is 23.8 Å². The number of hydrogen-bond donors (Lipinski definition) is 2. The van der Waals surface area contributed by atoms with E-state index in [0.717, 1.165) is 24.5 Å². The van der Waals surface area contributed by atoms with Crippen LogP contribution in [-0.2, 0) is 4.79 Å². The largest absolute Gasteiger partial charge is 0.494 e. The molecule has 0 aromatic heterocycles. The number of unbranched alkanes of at least 4 members (excludes halogenated alkanes) is 4. The van der Waals surface area contributed by atoms with Gasteiger partial charge in [-0.25, -0.2) is 0 Å². The summed E-state index contributed by atoms with van der Waals surface area (Å²) in [5.41, 5.74) is 1.46. The summed E-state index contributed by atoms with van der Waals surface area (Å²) in [7, 11) is 0. The van der Waals surface area contributed by atoms with Crippen molar-refractivity contribution < 1.29 is 9.53 Å². The fourth-order valence-corrected chi connectivity index (χ4v) is 2.71. The average molecular weight is 375 g/mol. The molecule has 26 heavy (non-hydrogen) atoms. The van der Waals surface area contributed by atoms with Crippen LogP contribution in [0.3, 0.4) is 0 Å². The van der Waals surface area contributed by atoms with Gasteiger partial charge in [-0.2, -0.15) is 0 Å². The first-order valence-corrected chi connectivity index (χ1v) is 9.58. The molecule has 0 aliphatic carbocycles. The number of nitrogens with one attached hydrogen (secondary N) is 2. The van der Waals surface area contributed by atoms with Gasteiger partial charge < -0.3 is 15.4 Å². The van der Waals surface area contributed by atoms with E-state index < -0.39 is 0 Å². The number of carbonyl (C=O) groups excluding carboxylic acids is 1. The molecule has 140 valence electrons. The van der Waals surface area contributed by atoms with Gasteiger partial charge >= 0.3 is 0 Å². The molecular formula is C21H27ClN2O2. The Morgan fingerprint density at radius 1 is 1.04 bits per heavy atom. The van der Waals surface area contributed by atoms with E-state index in [1.807, 2.05) is 36.4 Å². The quantitative estimate of drug-likeness (QED) is 0.493. The van der Waals surface area contributed by atoms with Gasteiger partial charge in [-0.1, -0.05) is 62.4 Å². The molecule has 0 fully saturated rings. The third-order valence-corrected chi connectivity index (χ3v) is 4.28. The lowest BCUT2D eigenvalue weighted by atomic mass is 10.2. The second-order valence-corrected chi connectivity index (χ2v) is 6.58. The molecule has 0 atom stereocenters. The van der Waals surface area contributed by atoms with Crippen LogP contribution in [0.15, 0.2) is 48.5 Å². The molecule has 1 amide bonds. The molecule has 0 radical (unpaired) electrons. The molecule has 0 heterocycles. The minimum atomic E-state index is -0.152. The number of benzene rings is 2. The summed E-state index contributed by atoms with van der Waals surface area (Å²) in [6, 6.07) is 14.8. The van der Waals surface area contributed by atoms with Crippen LogP contribution in [0.5, 0.6) is 5.75 Å². The molecule has 0 aliphatic heterocycles. The summed E-state index contributed by atoms with van der Waals surface area (Å²) < 4.78 is 5.79. The van der Waals surface area contributed by atoms with E-state index in [1.165, 1.54) is 25.7 Å². The van der Waals surface area contributed by atoms with Gasteiger partial charge in [0.2, 0.25) is 5.91 Å². The minimum absolute atomic E-state index is 0.152. The van der Waals surface area contributed by atoms with Gasteiger partial charge in [-0.15, -0.1) is 0 Å². The highest BCUT2D eigenvalue weighted by Crippen LogP contribution is 2.21. The predicted molar refractivity (Wildman–Crippen MR) is 109 cm³/mol. The highest BCUT2D eigenvalue weighted by molar-refractivity contribution is 6.33. The second kappa shape index (κ2) is 11.4. The van der Waals surface area contributed by atoms with E-state index >= 15 is 0 Å². The zero-order valence-corrected chi connectivity index (χ0v) is 16.0. The molecule has 0 bridgehead atoms. The maximum atomic E-state index is 12.1. The van der Waals surface area contributed by atoms with Crippen molar-refractivity contribution >= 4 is 28.9 Å². The topological polar surface area (TPSA) is 50.4 Å². The number of para-hydroxylation sites is 1. The molecule has 0 unspecified atom stereocenters. The van der Waals surface area contributed by atoms with Crippen molar-refractivity contribution in [1.82, 2.24) is 0 Å². The molecule has 0 aliphatic rings. The van der Waals surface area contributed by atoms with Crippen molar-refractivity contribution in [2.45, 2.75) is 39.0 Å². The zero-order chi connectivity index (χ0) is 18.6. The fraction of sp³-hybridized carbons (Fsp3) is 0.381. The number of rotatable bonds is 11. The van der Waals surface area contributed by atoms with Gasteiger partial charge in [0.1, 0.15) is 5.75 Å². The first-order valence-electron chi connectivity index (χ1n) is 9.20. The Labute approximate surface area is 160 Å². The fourth-order valence-electron chi connectivity index (χ4n) is 2.53. The van der Waals surface area contributed by atoms with E-state index in [2.05, 4.69) is 17.6 Å². The molecule has 0 saturated carbocycles. The van der Waals surface area contributed by atoms with Gasteiger partial charge in [0, 0.05) is 11.8 Å². The van der Waals surface area contributed by atoms with Gasteiger partial charge in [0.05, 0.1) is 23.9 Å². The second-order valence-electron chi connectivity index (χ2n) is 6.17. The third-order valence-electron chi connectivity index (χ3n) is 3.95. The van der Waals surface area contributed by atoms with Crippen LogP contribution >= 0.6 is 11.6 Å². The van der Waals surface area contributed by atoms with Gasteiger partial charge in [0.25, 0.3) is 0 Å². The molecule has 2 N–H and O–H groups in total. The van der Waals surface area contributed by atoms with Gasteiger partial charge in [0.15, 0.2) is 0 Å². The van der Waals surface area contributed by atoms with Crippen LogP contribution in [0.2, 0.25) is 5.02 Å². The van der Waals surface area contributed by atoms with Crippen LogP contribution < -0.4 is 15.4 Å². The van der Waals surface area contributed by atoms with E-state index in [4.69, 9.17) is 16.3 Å². The zero-order valence-electron chi connectivity index (χ0n) is 15.3. The Bertz CT molecular complexity index is 691. The highest BCUT2D eigenvalue weighted by atomic mass is 35.5. The van der Waals surface area contributed by atoms with Crippen LogP contribution in [0.1, 0.15) is 39.0 Å². The SMILES string of the molecule is CCCCCCCOc1cccc(NCC(=O)Nc2ccccc2Cl)c1. The average Bonchev–Trinajstić information content (AvgIpc) is 2.65. The Balaban J connectivity index is 1.74. The molecular weight excluding hydrogens is 348 g/mol. The number of halogens is 1. The van der Waals surface area contributed by atoms with E-state index in [1.54, 1.807) is 12.1 Å². The third kappa shape index (κ3) is 7.36. The Hall–Kier alpha value is -2.20. The Morgan fingerprint density at radius 3 is 2.65 bits per heavy atom. The van der Waals surface area contributed by atoms with Crippen molar-refractivity contribution in [3.63, 3.8) is 0 Å². The lowest BCUT2D eigenvalue weighted by Gasteiger charge is -2.11. The molecule has 5 heteroatoms. The summed E-state index contributed by atoms with van der Waals surface area (Å²) in [5, 5.41) is 6.42. The molecule has 2 aromatic carbocycles. The predicted octanol–water partition coefficient (Wildman–Crippen LogP) is 5.74. The van der Waals surface area contributed by atoms with Crippen LogP contribution in [0.4, 0.5) is 11.4 Å². The smallest absolute Gasteiger partial charge is 0.243 e. The van der Waals surface area contributed by atoms with Gasteiger partial charge in [-0.3, -0.25) is 4.79 Å². The van der Waals surface area contributed by atoms with Crippen molar-refractivity contribution in [3.05, 3.63) is 53.6 Å². The number of amides is 1. The van der Waals surface area contributed by atoms with Crippen molar-refractivity contribution in [2.24, 2.45) is 0 Å². The minimum Gasteiger partial charge on any atom is -0.494 e. The number of carbonyl (C=O) groups is 1. The van der Waals surface area contributed by atoms with Crippen LogP contribution in [0, 0.1) is 0 Å². The number of hydrogen-bond acceptors (Lipinski definition) is 3. The molecule has 4 nitrogen and oxygen atoms in total. The normalized spacial score (nSPS) is 10.4. The summed E-state index contributed by atoms with van der Waals surface area (Å²) in [4.78, 5) is 12.1. The number of anilines is 2. The molecule has 2 rings (SSSR count). The summed E-state index contributed by atoms with van der Waals surface area (Å²) in [6.45, 7) is 3.09. The monoisotopic (exact) mass is 374 g/mol. The first-order chi connectivity index (χ1) is 12.7. The standard InChI is InChI=1S/C21H27ClN2O2/c1-2-3-4-5-8-14-26-18-11-9-10-17(15-18)23-16-21(25)24-20-13-7-6-12-19(20)22/h6-7,9-13,15,23H,2-5,8,14,16H2,1H3,(H,24,25).